The number of fused-ring (bicyclic) bond motifs is 1. The highest BCUT2D eigenvalue weighted by atomic mass is 32.1. The van der Waals surface area contributed by atoms with Crippen LogP contribution < -0.4 is 5.32 Å². The van der Waals surface area contributed by atoms with Gasteiger partial charge in [0.1, 0.15) is 5.75 Å². The fourth-order valence-corrected chi connectivity index (χ4v) is 2.73. The van der Waals surface area contributed by atoms with E-state index in [4.69, 9.17) is 0 Å². The van der Waals surface area contributed by atoms with Gasteiger partial charge in [-0.25, -0.2) is 0 Å². The number of carbonyl (C=O) groups is 1. The van der Waals surface area contributed by atoms with E-state index in [-0.39, 0.29) is 17.7 Å². The molecule has 0 radical (unpaired) electrons. The third-order valence-electron chi connectivity index (χ3n) is 2.37. The molecule has 84 valence electrons. The van der Waals surface area contributed by atoms with E-state index in [1.165, 1.54) is 6.92 Å². The maximum absolute atomic E-state index is 11.0. The van der Waals surface area contributed by atoms with Crippen molar-refractivity contribution >= 4 is 27.3 Å². The van der Waals surface area contributed by atoms with Crippen molar-refractivity contribution in [2.24, 2.45) is 0 Å². The Hall–Kier alpha value is -1.55. The molecule has 1 atom stereocenters. The fourth-order valence-electron chi connectivity index (χ4n) is 1.63. The monoisotopic (exact) mass is 235 g/mol. The normalized spacial score (nSPS) is 12.6. The van der Waals surface area contributed by atoms with Crippen LogP contribution in [0.3, 0.4) is 0 Å². The van der Waals surface area contributed by atoms with Crippen molar-refractivity contribution in [1.82, 2.24) is 5.32 Å². The van der Waals surface area contributed by atoms with Gasteiger partial charge >= 0.3 is 0 Å². The van der Waals surface area contributed by atoms with Crippen LogP contribution in [0.2, 0.25) is 0 Å². The van der Waals surface area contributed by atoms with Gasteiger partial charge in [-0.1, -0.05) is 0 Å². The minimum atomic E-state index is -0.0344. The number of carbonyl (C=O) groups excluding carboxylic acids is 1. The zero-order valence-electron chi connectivity index (χ0n) is 9.15. The second kappa shape index (κ2) is 4.14. The largest absolute Gasteiger partial charge is 0.508 e. The highest BCUT2D eigenvalue weighted by molar-refractivity contribution is 7.19. The van der Waals surface area contributed by atoms with Crippen LogP contribution in [0.5, 0.6) is 5.75 Å². The van der Waals surface area contributed by atoms with Crippen molar-refractivity contribution in [1.29, 1.82) is 0 Å². The first-order chi connectivity index (χ1) is 7.56. The lowest BCUT2D eigenvalue weighted by Crippen LogP contribution is -2.22. The van der Waals surface area contributed by atoms with Gasteiger partial charge in [0, 0.05) is 16.5 Å². The molecule has 1 heterocycles. The minimum absolute atomic E-state index is 0.0112. The molecule has 1 unspecified atom stereocenters. The molecular formula is C12H13NO2S. The van der Waals surface area contributed by atoms with E-state index in [1.807, 2.05) is 19.1 Å². The lowest BCUT2D eigenvalue weighted by atomic mass is 10.2. The molecule has 2 N–H and O–H groups in total. The van der Waals surface area contributed by atoms with E-state index < -0.39 is 0 Å². The molecule has 1 amide bonds. The predicted octanol–water partition coefficient (Wildman–Crippen LogP) is 2.80. The second-order valence-electron chi connectivity index (χ2n) is 3.79. The van der Waals surface area contributed by atoms with Gasteiger partial charge in [-0.05, 0) is 36.6 Å². The van der Waals surface area contributed by atoms with Gasteiger partial charge in [0.05, 0.1) is 6.04 Å². The molecule has 1 aromatic carbocycles. The Balaban J connectivity index is 2.35. The number of rotatable bonds is 2. The maximum Gasteiger partial charge on any atom is 0.217 e. The molecule has 0 aliphatic carbocycles. The molecule has 0 saturated heterocycles. The lowest BCUT2D eigenvalue weighted by Gasteiger charge is -2.09. The zero-order valence-corrected chi connectivity index (χ0v) is 9.97. The highest BCUT2D eigenvalue weighted by Crippen LogP contribution is 2.31. The molecule has 4 heteroatoms. The number of phenols is 1. The molecule has 0 aliphatic rings. The Kier molecular flexibility index (Phi) is 2.83. The summed E-state index contributed by atoms with van der Waals surface area (Å²) in [6, 6.07) is 7.34. The molecule has 16 heavy (non-hydrogen) atoms. The molecule has 2 rings (SSSR count). The molecule has 2 aromatic rings. The maximum atomic E-state index is 11.0. The topological polar surface area (TPSA) is 49.3 Å². The Labute approximate surface area is 97.7 Å². The number of aromatic hydroxyl groups is 1. The standard InChI is InChI=1S/C12H13NO2S/c1-7(13-8(2)14)11-5-9-3-4-10(15)6-12(9)16-11/h3-7,15H,1-2H3,(H,13,14). The molecule has 0 aliphatic heterocycles. The van der Waals surface area contributed by atoms with E-state index >= 15 is 0 Å². The molecular weight excluding hydrogens is 222 g/mol. The third-order valence-corrected chi connectivity index (χ3v) is 3.65. The average molecular weight is 235 g/mol. The summed E-state index contributed by atoms with van der Waals surface area (Å²) in [4.78, 5) is 12.0. The Bertz CT molecular complexity index is 533. The van der Waals surface area contributed by atoms with Crippen LogP contribution in [0.25, 0.3) is 10.1 Å². The van der Waals surface area contributed by atoms with Gasteiger partial charge < -0.3 is 10.4 Å². The first kappa shape index (κ1) is 11.0. The van der Waals surface area contributed by atoms with Crippen LogP contribution in [0.15, 0.2) is 24.3 Å². The summed E-state index contributed by atoms with van der Waals surface area (Å²) in [6.45, 7) is 3.46. The molecule has 0 bridgehead atoms. The Morgan fingerprint density at radius 3 is 2.88 bits per heavy atom. The molecule has 1 aromatic heterocycles. The van der Waals surface area contributed by atoms with E-state index in [2.05, 4.69) is 5.32 Å². The Morgan fingerprint density at radius 1 is 1.44 bits per heavy atom. The number of benzene rings is 1. The number of nitrogens with one attached hydrogen (secondary N) is 1. The molecule has 3 nitrogen and oxygen atoms in total. The smallest absolute Gasteiger partial charge is 0.217 e. The van der Waals surface area contributed by atoms with Crippen LogP contribution in [-0.2, 0) is 4.79 Å². The molecule has 0 spiro atoms. The van der Waals surface area contributed by atoms with Crippen LogP contribution in [0.4, 0.5) is 0 Å². The number of hydrogen-bond acceptors (Lipinski definition) is 3. The first-order valence-corrected chi connectivity index (χ1v) is 5.87. The predicted molar refractivity (Wildman–Crippen MR) is 65.7 cm³/mol. The zero-order chi connectivity index (χ0) is 11.7. The van der Waals surface area contributed by atoms with Crippen LogP contribution >= 0.6 is 11.3 Å². The van der Waals surface area contributed by atoms with Gasteiger partial charge in [0.15, 0.2) is 0 Å². The number of phenolic OH excluding ortho intramolecular Hbond substituents is 1. The van der Waals surface area contributed by atoms with Crippen molar-refractivity contribution in [2.75, 3.05) is 0 Å². The SMILES string of the molecule is CC(=O)NC(C)c1cc2ccc(O)cc2s1. The van der Waals surface area contributed by atoms with Crippen molar-refractivity contribution in [3.63, 3.8) is 0 Å². The van der Waals surface area contributed by atoms with E-state index in [9.17, 15) is 9.90 Å². The van der Waals surface area contributed by atoms with Crippen molar-refractivity contribution in [3.8, 4) is 5.75 Å². The minimum Gasteiger partial charge on any atom is -0.508 e. The summed E-state index contributed by atoms with van der Waals surface area (Å²) in [6.07, 6.45) is 0. The summed E-state index contributed by atoms with van der Waals surface area (Å²) in [7, 11) is 0. The van der Waals surface area contributed by atoms with Gasteiger partial charge in [0.25, 0.3) is 0 Å². The van der Waals surface area contributed by atoms with Gasteiger partial charge in [-0.2, -0.15) is 0 Å². The Morgan fingerprint density at radius 2 is 2.19 bits per heavy atom. The number of thiophene rings is 1. The molecule has 0 saturated carbocycles. The fraction of sp³-hybridized carbons (Fsp3) is 0.250. The van der Waals surface area contributed by atoms with Crippen molar-refractivity contribution < 1.29 is 9.90 Å². The summed E-state index contributed by atoms with van der Waals surface area (Å²) in [5.74, 6) is 0.237. The summed E-state index contributed by atoms with van der Waals surface area (Å²) in [5.41, 5.74) is 0. The van der Waals surface area contributed by atoms with Crippen LogP contribution in [0.1, 0.15) is 24.8 Å². The van der Waals surface area contributed by atoms with Gasteiger partial charge in [-0.15, -0.1) is 11.3 Å². The summed E-state index contributed by atoms with van der Waals surface area (Å²) in [5, 5.41) is 13.3. The van der Waals surface area contributed by atoms with E-state index in [1.54, 1.807) is 23.5 Å². The first-order valence-electron chi connectivity index (χ1n) is 5.06. The van der Waals surface area contributed by atoms with Gasteiger partial charge in [0.2, 0.25) is 5.91 Å². The van der Waals surface area contributed by atoms with Crippen molar-refractivity contribution in [3.05, 3.63) is 29.1 Å². The lowest BCUT2D eigenvalue weighted by molar-refractivity contribution is -0.119. The summed E-state index contributed by atoms with van der Waals surface area (Å²) >= 11 is 1.59. The van der Waals surface area contributed by atoms with E-state index in [0.717, 1.165) is 15.0 Å². The van der Waals surface area contributed by atoms with Crippen LogP contribution in [-0.4, -0.2) is 11.0 Å². The molecule has 0 fully saturated rings. The van der Waals surface area contributed by atoms with Gasteiger partial charge in [-0.3, -0.25) is 4.79 Å². The number of amides is 1. The third kappa shape index (κ3) is 2.17. The second-order valence-corrected chi connectivity index (χ2v) is 4.91. The van der Waals surface area contributed by atoms with Crippen LogP contribution in [0, 0.1) is 0 Å². The van der Waals surface area contributed by atoms with Crippen molar-refractivity contribution in [2.45, 2.75) is 19.9 Å². The average Bonchev–Trinajstić information content (AvgIpc) is 2.59. The van der Waals surface area contributed by atoms with E-state index in [0.29, 0.717) is 0 Å². The quantitative estimate of drug-likeness (QED) is 0.841. The highest BCUT2D eigenvalue weighted by Gasteiger charge is 2.10. The number of hydrogen-bond donors (Lipinski definition) is 2. The summed E-state index contributed by atoms with van der Waals surface area (Å²) < 4.78 is 1.03.